The van der Waals surface area contributed by atoms with E-state index in [0.717, 1.165) is 0 Å². The number of hydrogen-bond acceptors (Lipinski definition) is 5. The topological polar surface area (TPSA) is 72.5 Å². The van der Waals surface area contributed by atoms with Gasteiger partial charge in [-0.2, -0.15) is 0 Å². The van der Waals surface area contributed by atoms with Crippen LogP contribution in [0.2, 0.25) is 0 Å². The summed E-state index contributed by atoms with van der Waals surface area (Å²) in [7, 11) is -2.41. The predicted octanol–water partition coefficient (Wildman–Crippen LogP) is 3.86. The third-order valence-corrected chi connectivity index (χ3v) is 6.61. The van der Waals surface area contributed by atoms with Gasteiger partial charge in [0.2, 0.25) is 0 Å². The average molecular weight is 455 g/mol. The standard InChI is InChI=1S/C12H9Br2NO4S2/c1-19-12(16)7-2-4-8(5-3-7)15-21(17,18)9-6-10(13)20-11(9)14/h2-6,15H,1H3. The van der Waals surface area contributed by atoms with E-state index in [9.17, 15) is 13.2 Å². The number of esters is 1. The number of rotatable bonds is 4. The lowest BCUT2D eigenvalue weighted by Gasteiger charge is -2.07. The zero-order chi connectivity index (χ0) is 15.6. The van der Waals surface area contributed by atoms with Crippen LogP contribution in [0.3, 0.4) is 0 Å². The van der Waals surface area contributed by atoms with Crippen molar-refractivity contribution < 1.29 is 17.9 Å². The second-order valence-electron chi connectivity index (χ2n) is 3.86. The quantitative estimate of drug-likeness (QED) is 0.712. The molecule has 0 radical (unpaired) electrons. The third kappa shape index (κ3) is 3.85. The summed E-state index contributed by atoms with van der Waals surface area (Å²) in [6.45, 7) is 0. The summed E-state index contributed by atoms with van der Waals surface area (Å²) in [5.74, 6) is -0.478. The molecule has 0 aliphatic heterocycles. The fourth-order valence-electron chi connectivity index (χ4n) is 1.51. The number of nitrogens with one attached hydrogen (secondary N) is 1. The number of ether oxygens (including phenoxy) is 1. The highest BCUT2D eigenvalue weighted by molar-refractivity contribution is 9.12. The van der Waals surface area contributed by atoms with Gasteiger partial charge in [-0.05, 0) is 62.2 Å². The maximum atomic E-state index is 12.3. The van der Waals surface area contributed by atoms with Crippen molar-refractivity contribution in [3.63, 3.8) is 0 Å². The van der Waals surface area contributed by atoms with Crippen molar-refractivity contribution >= 4 is 64.9 Å². The first-order valence-corrected chi connectivity index (χ1v) is 9.38. The van der Waals surface area contributed by atoms with E-state index in [1.807, 2.05) is 0 Å². The van der Waals surface area contributed by atoms with Gasteiger partial charge in [-0.25, -0.2) is 13.2 Å². The summed E-state index contributed by atoms with van der Waals surface area (Å²) in [5.41, 5.74) is 0.705. The summed E-state index contributed by atoms with van der Waals surface area (Å²) in [6, 6.07) is 7.49. The minimum Gasteiger partial charge on any atom is -0.465 e. The molecule has 0 aliphatic rings. The van der Waals surface area contributed by atoms with Crippen molar-refractivity contribution in [3.05, 3.63) is 43.5 Å². The van der Waals surface area contributed by atoms with Crippen LogP contribution in [0.4, 0.5) is 5.69 Å². The van der Waals surface area contributed by atoms with E-state index >= 15 is 0 Å². The maximum Gasteiger partial charge on any atom is 0.337 e. The molecule has 0 atom stereocenters. The van der Waals surface area contributed by atoms with Crippen LogP contribution in [0.25, 0.3) is 0 Å². The van der Waals surface area contributed by atoms with E-state index in [0.29, 0.717) is 18.8 Å². The molecule has 0 amide bonds. The average Bonchev–Trinajstić information content (AvgIpc) is 2.78. The van der Waals surface area contributed by atoms with Crippen LogP contribution in [0.15, 0.2) is 42.8 Å². The van der Waals surface area contributed by atoms with E-state index in [4.69, 9.17) is 0 Å². The Morgan fingerprint density at radius 2 is 1.86 bits per heavy atom. The van der Waals surface area contributed by atoms with Crippen LogP contribution < -0.4 is 4.72 Å². The number of halogens is 2. The largest absolute Gasteiger partial charge is 0.465 e. The van der Waals surface area contributed by atoms with Gasteiger partial charge in [-0.1, -0.05) is 0 Å². The normalized spacial score (nSPS) is 11.2. The van der Waals surface area contributed by atoms with Crippen LogP contribution in [-0.4, -0.2) is 21.5 Å². The number of benzene rings is 1. The zero-order valence-corrected chi connectivity index (χ0v) is 15.4. The number of hydrogen-bond donors (Lipinski definition) is 1. The molecule has 2 rings (SSSR count). The van der Waals surface area contributed by atoms with Gasteiger partial charge >= 0.3 is 5.97 Å². The molecule has 0 bridgehead atoms. The van der Waals surface area contributed by atoms with Gasteiger partial charge in [0.25, 0.3) is 10.0 Å². The molecule has 0 saturated heterocycles. The molecular weight excluding hydrogens is 446 g/mol. The van der Waals surface area contributed by atoms with Crippen LogP contribution >= 0.6 is 43.2 Å². The first kappa shape index (κ1) is 16.5. The molecule has 9 heteroatoms. The second-order valence-corrected chi connectivity index (χ2v) is 9.26. The molecule has 0 aliphatic carbocycles. The summed E-state index contributed by atoms with van der Waals surface area (Å²) in [4.78, 5) is 11.5. The maximum absolute atomic E-state index is 12.3. The highest BCUT2D eigenvalue weighted by atomic mass is 79.9. The van der Waals surface area contributed by atoms with Gasteiger partial charge in [0.1, 0.15) is 4.90 Å². The van der Waals surface area contributed by atoms with Gasteiger partial charge in [0, 0.05) is 5.69 Å². The lowest BCUT2D eigenvalue weighted by molar-refractivity contribution is 0.0601. The Bertz CT molecular complexity index is 769. The number of methoxy groups -OCH3 is 1. The smallest absolute Gasteiger partial charge is 0.337 e. The van der Waals surface area contributed by atoms with E-state index in [-0.39, 0.29) is 4.90 Å². The summed E-state index contributed by atoms with van der Waals surface area (Å²) in [5, 5.41) is 0. The number of carbonyl (C=O) groups is 1. The van der Waals surface area contributed by atoms with Crippen molar-refractivity contribution in [1.29, 1.82) is 0 Å². The van der Waals surface area contributed by atoms with E-state index in [1.165, 1.54) is 48.8 Å². The number of sulfonamides is 1. The lowest BCUT2D eigenvalue weighted by atomic mass is 10.2. The molecule has 0 spiro atoms. The number of carbonyl (C=O) groups excluding carboxylic acids is 1. The molecule has 21 heavy (non-hydrogen) atoms. The Kier molecular flexibility index (Phi) is 5.07. The van der Waals surface area contributed by atoms with Crippen molar-refractivity contribution in [2.75, 3.05) is 11.8 Å². The van der Waals surface area contributed by atoms with Crippen molar-refractivity contribution in [2.45, 2.75) is 4.90 Å². The fourth-order valence-corrected chi connectivity index (χ4v) is 6.38. The van der Waals surface area contributed by atoms with E-state index in [1.54, 1.807) is 0 Å². The van der Waals surface area contributed by atoms with Gasteiger partial charge in [-0.3, -0.25) is 4.72 Å². The number of anilines is 1. The van der Waals surface area contributed by atoms with Crippen LogP contribution in [0, 0.1) is 0 Å². The summed E-state index contributed by atoms with van der Waals surface area (Å²) >= 11 is 7.72. The predicted molar refractivity (Wildman–Crippen MR) is 88.3 cm³/mol. The number of thiophene rings is 1. The minimum absolute atomic E-state index is 0.149. The Morgan fingerprint density at radius 3 is 2.33 bits per heavy atom. The van der Waals surface area contributed by atoms with E-state index in [2.05, 4.69) is 41.3 Å². The first-order valence-electron chi connectivity index (χ1n) is 5.49. The molecule has 1 N–H and O–H groups in total. The molecule has 2 aromatic rings. The minimum atomic E-state index is -3.69. The Hall–Kier alpha value is -0.900. The SMILES string of the molecule is COC(=O)c1ccc(NS(=O)(=O)c2cc(Br)sc2Br)cc1. The van der Waals surface area contributed by atoms with Gasteiger partial charge in [-0.15, -0.1) is 11.3 Å². The molecule has 0 saturated carbocycles. The summed E-state index contributed by atoms with van der Waals surface area (Å²) < 4.78 is 32.8. The highest BCUT2D eigenvalue weighted by Crippen LogP contribution is 2.35. The monoisotopic (exact) mass is 453 g/mol. The Morgan fingerprint density at radius 1 is 1.24 bits per heavy atom. The zero-order valence-electron chi connectivity index (χ0n) is 10.6. The lowest BCUT2D eigenvalue weighted by Crippen LogP contribution is -2.12. The molecule has 112 valence electrons. The second kappa shape index (κ2) is 6.47. The van der Waals surface area contributed by atoms with E-state index < -0.39 is 16.0 Å². The summed E-state index contributed by atoms with van der Waals surface area (Å²) in [6.07, 6.45) is 0. The van der Waals surface area contributed by atoms with Gasteiger partial charge < -0.3 is 4.74 Å². The molecule has 1 heterocycles. The van der Waals surface area contributed by atoms with Crippen molar-refractivity contribution in [3.8, 4) is 0 Å². The van der Waals surface area contributed by atoms with Crippen molar-refractivity contribution in [2.24, 2.45) is 0 Å². The molecule has 5 nitrogen and oxygen atoms in total. The molecule has 0 fully saturated rings. The van der Waals surface area contributed by atoms with Crippen LogP contribution in [-0.2, 0) is 14.8 Å². The molecule has 0 unspecified atom stereocenters. The molecular formula is C12H9Br2NO4S2. The van der Waals surface area contributed by atoms with Crippen LogP contribution in [0.1, 0.15) is 10.4 Å². The Labute approximate surface area is 142 Å². The van der Waals surface area contributed by atoms with Crippen LogP contribution in [0.5, 0.6) is 0 Å². The fraction of sp³-hybridized carbons (Fsp3) is 0.0833. The van der Waals surface area contributed by atoms with Gasteiger partial charge in [0.05, 0.1) is 20.2 Å². The molecule has 1 aromatic heterocycles. The third-order valence-electron chi connectivity index (χ3n) is 2.47. The first-order chi connectivity index (χ1) is 9.83. The van der Waals surface area contributed by atoms with Crippen molar-refractivity contribution in [1.82, 2.24) is 0 Å². The molecule has 1 aromatic carbocycles. The Balaban J connectivity index is 2.25. The highest BCUT2D eigenvalue weighted by Gasteiger charge is 2.20. The van der Waals surface area contributed by atoms with Gasteiger partial charge in [0.15, 0.2) is 0 Å².